The zero-order valence-corrected chi connectivity index (χ0v) is 23.3. The smallest absolute Gasteiger partial charge is 0.160 e. The summed E-state index contributed by atoms with van der Waals surface area (Å²) >= 11 is 0. The molecule has 6 aromatic carbocycles. The Kier molecular flexibility index (Phi) is 6.12. The molecule has 0 fully saturated rings. The number of aromatic nitrogens is 2. The van der Waals surface area contributed by atoms with E-state index in [0.717, 1.165) is 61.1 Å². The van der Waals surface area contributed by atoms with E-state index in [4.69, 9.17) is 14.4 Å². The second-order valence-electron chi connectivity index (χ2n) is 10.6. The Labute approximate surface area is 249 Å². The van der Waals surface area contributed by atoms with Crippen LogP contribution < -0.4 is 0 Å². The topological polar surface area (TPSA) is 38.9 Å². The van der Waals surface area contributed by atoms with Crippen LogP contribution in [0.3, 0.4) is 0 Å². The van der Waals surface area contributed by atoms with Crippen LogP contribution in [0, 0.1) is 0 Å². The van der Waals surface area contributed by atoms with Crippen LogP contribution in [0.4, 0.5) is 0 Å². The lowest BCUT2D eigenvalue weighted by atomic mass is 9.98. The Balaban J connectivity index is 1.21. The van der Waals surface area contributed by atoms with E-state index in [1.165, 1.54) is 11.1 Å². The fraction of sp³-hybridized carbons (Fsp3) is 0. The number of fused-ring (bicyclic) bond motifs is 3. The molecule has 202 valence electrons. The maximum absolute atomic E-state index is 6.13. The summed E-state index contributed by atoms with van der Waals surface area (Å²) in [6, 6.07) is 54.4. The van der Waals surface area contributed by atoms with Gasteiger partial charge in [0.2, 0.25) is 0 Å². The highest BCUT2D eigenvalue weighted by molar-refractivity contribution is 6.12. The van der Waals surface area contributed by atoms with E-state index in [1.807, 2.05) is 42.5 Å². The molecule has 0 N–H and O–H groups in total. The summed E-state index contributed by atoms with van der Waals surface area (Å²) in [7, 11) is 0. The predicted molar refractivity (Wildman–Crippen MR) is 176 cm³/mol. The van der Waals surface area contributed by atoms with Gasteiger partial charge in [0.1, 0.15) is 11.2 Å². The third-order valence-electron chi connectivity index (χ3n) is 7.94. The third kappa shape index (κ3) is 4.67. The molecular weight excluding hydrogens is 524 g/mol. The maximum Gasteiger partial charge on any atom is 0.160 e. The van der Waals surface area contributed by atoms with Gasteiger partial charge in [0, 0.05) is 27.5 Å². The largest absolute Gasteiger partial charge is 0.456 e. The van der Waals surface area contributed by atoms with Crippen LogP contribution in [0.5, 0.6) is 0 Å². The zero-order valence-electron chi connectivity index (χ0n) is 23.3. The quantitative estimate of drug-likeness (QED) is 0.214. The van der Waals surface area contributed by atoms with Gasteiger partial charge in [-0.25, -0.2) is 9.97 Å². The van der Waals surface area contributed by atoms with E-state index in [9.17, 15) is 0 Å². The molecule has 0 unspecified atom stereocenters. The number of nitrogens with zero attached hydrogens (tertiary/aromatic N) is 2. The number of furan rings is 1. The first-order valence-corrected chi connectivity index (χ1v) is 14.4. The van der Waals surface area contributed by atoms with Crippen LogP contribution in [-0.4, -0.2) is 9.97 Å². The lowest BCUT2D eigenvalue weighted by Crippen LogP contribution is -1.96. The number of hydrogen-bond donors (Lipinski definition) is 0. The van der Waals surface area contributed by atoms with Gasteiger partial charge >= 0.3 is 0 Å². The third-order valence-corrected chi connectivity index (χ3v) is 7.94. The van der Waals surface area contributed by atoms with E-state index >= 15 is 0 Å². The first kappa shape index (κ1) is 25.0. The Morgan fingerprint density at radius 1 is 0.372 bits per heavy atom. The van der Waals surface area contributed by atoms with Gasteiger partial charge in [-0.2, -0.15) is 0 Å². The number of para-hydroxylation sites is 1. The highest BCUT2D eigenvalue weighted by atomic mass is 16.3. The maximum atomic E-state index is 6.13. The van der Waals surface area contributed by atoms with Crippen LogP contribution in [0.1, 0.15) is 0 Å². The van der Waals surface area contributed by atoms with Crippen LogP contribution in [0.2, 0.25) is 0 Å². The first-order chi connectivity index (χ1) is 21.3. The van der Waals surface area contributed by atoms with Gasteiger partial charge in [-0.3, -0.25) is 0 Å². The van der Waals surface area contributed by atoms with E-state index in [1.54, 1.807) is 0 Å². The minimum atomic E-state index is 0.696. The van der Waals surface area contributed by atoms with E-state index in [0.29, 0.717) is 5.82 Å². The SMILES string of the molecule is c1ccc(-c2ccc(-c3cc(-c4ccccc4)nc(-c4ccc(-c5cccc6oc7ccccc7c56)cc4)n3)cc2)cc1. The van der Waals surface area contributed by atoms with Crippen molar-refractivity contribution in [3.05, 3.63) is 158 Å². The summed E-state index contributed by atoms with van der Waals surface area (Å²) in [5.41, 5.74) is 11.3. The molecule has 0 atom stereocenters. The van der Waals surface area contributed by atoms with Crippen molar-refractivity contribution in [3.8, 4) is 56.2 Å². The average Bonchev–Trinajstić information content (AvgIpc) is 3.48. The van der Waals surface area contributed by atoms with E-state index in [2.05, 4.69) is 115 Å². The highest BCUT2D eigenvalue weighted by Crippen LogP contribution is 2.37. The summed E-state index contributed by atoms with van der Waals surface area (Å²) in [5, 5.41) is 2.26. The minimum absolute atomic E-state index is 0.696. The average molecular weight is 551 g/mol. The Morgan fingerprint density at radius 2 is 0.884 bits per heavy atom. The van der Waals surface area contributed by atoms with Gasteiger partial charge in [-0.05, 0) is 40.5 Å². The number of rotatable bonds is 5. The lowest BCUT2D eigenvalue weighted by molar-refractivity contribution is 0.669. The Hall–Kier alpha value is -5.80. The molecule has 0 spiro atoms. The normalized spacial score (nSPS) is 11.3. The molecule has 0 radical (unpaired) electrons. The van der Waals surface area contributed by atoms with Crippen molar-refractivity contribution in [2.45, 2.75) is 0 Å². The first-order valence-electron chi connectivity index (χ1n) is 14.4. The van der Waals surface area contributed by atoms with Crippen molar-refractivity contribution in [1.29, 1.82) is 0 Å². The molecular formula is C40H26N2O. The molecule has 2 heterocycles. The molecule has 0 saturated carbocycles. The van der Waals surface area contributed by atoms with Gasteiger partial charge in [-0.15, -0.1) is 0 Å². The summed E-state index contributed by atoms with van der Waals surface area (Å²) in [6.07, 6.45) is 0. The van der Waals surface area contributed by atoms with Crippen LogP contribution in [-0.2, 0) is 0 Å². The van der Waals surface area contributed by atoms with Crippen LogP contribution in [0.15, 0.2) is 162 Å². The summed E-state index contributed by atoms with van der Waals surface area (Å²) in [4.78, 5) is 10.1. The molecule has 43 heavy (non-hydrogen) atoms. The summed E-state index contributed by atoms with van der Waals surface area (Å²) in [6.45, 7) is 0. The number of hydrogen-bond acceptors (Lipinski definition) is 3. The molecule has 8 rings (SSSR count). The molecule has 0 amide bonds. The van der Waals surface area contributed by atoms with Crippen molar-refractivity contribution < 1.29 is 4.42 Å². The molecule has 8 aromatic rings. The standard InChI is InChI=1S/C40H26N2O/c1-3-10-27(11-4-1)28-18-22-31(23-19-28)36-26-35(30-12-5-2-6-13-30)41-40(42-36)32-24-20-29(21-25-32)33-15-9-17-38-39(33)34-14-7-8-16-37(34)43-38/h1-26H. The lowest BCUT2D eigenvalue weighted by Gasteiger charge is -2.11. The molecule has 0 saturated heterocycles. The molecule has 2 aromatic heterocycles. The van der Waals surface area contributed by atoms with Gasteiger partial charge in [-0.1, -0.05) is 140 Å². The molecule has 3 nitrogen and oxygen atoms in total. The van der Waals surface area contributed by atoms with E-state index < -0.39 is 0 Å². The van der Waals surface area contributed by atoms with Gasteiger partial charge in [0.05, 0.1) is 11.4 Å². The summed E-state index contributed by atoms with van der Waals surface area (Å²) < 4.78 is 6.13. The summed E-state index contributed by atoms with van der Waals surface area (Å²) in [5.74, 6) is 0.696. The highest BCUT2D eigenvalue weighted by Gasteiger charge is 2.14. The van der Waals surface area contributed by atoms with Crippen molar-refractivity contribution in [2.24, 2.45) is 0 Å². The van der Waals surface area contributed by atoms with Gasteiger partial charge < -0.3 is 4.42 Å². The minimum Gasteiger partial charge on any atom is -0.456 e. The monoisotopic (exact) mass is 550 g/mol. The van der Waals surface area contributed by atoms with Crippen LogP contribution in [0.25, 0.3) is 78.1 Å². The van der Waals surface area contributed by atoms with Crippen molar-refractivity contribution >= 4 is 21.9 Å². The molecule has 0 bridgehead atoms. The molecule has 0 aliphatic heterocycles. The predicted octanol–water partition coefficient (Wildman–Crippen LogP) is 10.7. The molecule has 0 aliphatic carbocycles. The fourth-order valence-electron chi connectivity index (χ4n) is 5.76. The second kappa shape index (κ2) is 10.6. The molecule has 3 heteroatoms. The van der Waals surface area contributed by atoms with Crippen molar-refractivity contribution in [3.63, 3.8) is 0 Å². The van der Waals surface area contributed by atoms with Crippen LogP contribution >= 0.6 is 0 Å². The van der Waals surface area contributed by atoms with Gasteiger partial charge in [0.25, 0.3) is 0 Å². The van der Waals surface area contributed by atoms with Gasteiger partial charge in [0.15, 0.2) is 5.82 Å². The fourth-order valence-corrected chi connectivity index (χ4v) is 5.76. The Morgan fingerprint density at radius 3 is 1.60 bits per heavy atom. The zero-order chi connectivity index (χ0) is 28.6. The van der Waals surface area contributed by atoms with E-state index in [-0.39, 0.29) is 0 Å². The van der Waals surface area contributed by atoms with Crippen molar-refractivity contribution in [1.82, 2.24) is 9.97 Å². The number of benzene rings is 6. The Bertz CT molecular complexity index is 2200. The van der Waals surface area contributed by atoms with Crippen molar-refractivity contribution in [2.75, 3.05) is 0 Å². The molecule has 0 aliphatic rings. The second-order valence-corrected chi connectivity index (χ2v) is 10.6.